The average Bonchev–Trinajstić information content (AvgIpc) is 3.36. The van der Waals surface area contributed by atoms with Gasteiger partial charge in [0.2, 0.25) is 17.7 Å². The number of nitrogens with one attached hydrogen (secondary N) is 2. The maximum atomic E-state index is 12.5. The van der Waals surface area contributed by atoms with Crippen molar-refractivity contribution >= 4 is 11.8 Å². The van der Waals surface area contributed by atoms with Crippen LogP contribution in [0.4, 0.5) is 0 Å². The molecule has 2 N–H and O–H groups in total. The van der Waals surface area contributed by atoms with Crippen molar-refractivity contribution in [2.75, 3.05) is 0 Å². The fourth-order valence-corrected chi connectivity index (χ4v) is 4.98. The molecule has 2 amide bonds. The Morgan fingerprint density at radius 1 is 1.08 bits per heavy atom. The van der Waals surface area contributed by atoms with E-state index in [9.17, 15) is 9.59 Å². The van der Waals surface area contributed by atoms with Gasteiger partial charge in [0, 0.05) is 32.0 Å². The van der Waals surface area contributed by atoms with Crippen LogP contribution in [-0.4, -0.2) is 31.7 Å². The second kappa shape index (κ2) is 11.5. The van der Waals surface area contributed by atoms with Gasteiger partial charge >= 0.3 is 0 Å². The molecule has 2 heterocycles. The lowest BCUT2D eigenvalue weighted by Gasteiger charge is -2.30. The number of benzene rings is 1. The molecular weight excluding hydrogens is 456 g/mol. The molecule has 9 heteroatoms. The number of nitrogens with zero attached hydrogens (tertiary/aromatic N) is 4. The molecule has 0 unspecified atom stereocenters. The van der Waals surface area contributed by atoms with E-state index in [-0.39, 0.29) is 18.2 Å². The molecule has 1 aromatic carbocycles. The predicted octanol–water partition coefficient (Wildman–Crippen LogP) is 3.87. The second-order valence-corrected chi connectivity index (χ2v) is 9.87. The Bertz CT molecular complexity index is 1190. The number of aryl methyl sites for hydroxylation is 3. The molecule has 1 fully saturated rings. The molecule has 0 bridgehead atoms. The third-order valence-corrected chi connectivity index (χ3v) is 6.75. The largest absolute Gasteiger partial charge is 0.352 e. The van der Waals surface area contributed by atoms with Crippen molar-refractivity contribution < 1.29 is 14.1 Å². The Kier molecular flexibility index (Phi) is 8.18. The van der Waals surface area contributed by atoms with E-state index in [2.05, 4.69) is 44.1 Å². The number of hydrogen-bond donors (Lipinski definition) is 2. The maximum absolute atomic E-state index is 12.5. The van der Waals surface area contributed by atoms with Crippen LogP contribution in [-0.2, 0) is 34.6 Å². The van der Waals surface area contributed by atoms with Gasteiger partial charge in [0.25, 0.3) is 0 Å². The molecule has 1 aliphatic carbocycles. The molecule has 0 atom stereocenters. The Labute approximate surface area is 212 Å². The van der Waals surface area contributed by atoms with Crippen LogP contribution in [0.3, 0.4) is 0 Å². The normalized spacial score (nSPS) is 15.3. The smallest absolute Gasteiger partial charge is 0.227 e. The van der Waals surface area contributed by atoms with Crippen molar-refractivity contribution in [3.8, 4) is 0 Å². The van der Waals surface area contributed by atoms with Crippen LogP contribution in [0.5, 0.6) is 0 Å². The topological polar surface area (TPSA) is 115 Å². The number of carbonyl (C=O) groups excluding carboxylic acids is 2. The van der Waals surface area contributed by atoms with Gasteiger partial charge in [0.05, 0.1) is 12.2 Å². The summed E-state index contributed by atoms with van der Waals surface area (Å²) in [4.78, 5) is 29.0. The molecule has 0 radical (unpaired) electrons. The molecule has 0 spiro atoms. The van der Waals surface area contributed by atoms with Gasteiger partial charge in [-0.1, -0.05) is 55.1 Å². The van der Waals surface area contributed by atoms with E-state index in [4.69, 9.17) is 4.52 Å². The number of carbonyl (C=O) groups is 2. The molecule has 4 rings (SSSR count). The summed E-state index contributed by atoms with van der Waals surface area (Å²) in [6, 6.07) is 10.2. The van der Waals surface area contributed by atoms with Gasteiger partial charge in [-0.05, 0) is 43.9 Å². The predicted molar refractivity (Wildman–Crippen MR) is 135 cm³/mol. The molecule has 1 saturated carbocycles. The zero-order chi connectivity index (χ0) is 25.5. The molecule has 2 aromatic heterocycles. The van der Waals surface area contributed by atoms with Gasteiger partial charge < -0.3 is 15.2 Å². The van der Waals surface area contributed by atoms with Crippen molar-refractivity contribution in [3.05, 3.63) is 64.6 Å². The minimum atomic E-state index is -0.579. The zero-order valence-corrected chi connectivity index (χ0v) is 21.5. The summed E-state index contributed by atoms with van der Waals surface area (Å²) in [5.74, 6) is 0.766. The van der Waals surface area contributed by atoms with Gasteiger partial charge in [0.1, 0.15) is 5.54 Å². The van der Waals surface area contributed by atoms with Crippen LogP contribution in [0.15, 0.2) is 34.9 Å². The molecule has 36 heavy (non-hydrogen) atoms. The summed E-state index contributed by atoms with van der Waals surface area (Å²) in [5.41, 5.74) is 3.72. The number of aromatic nitrogens is 4. The molecule has 3 aromatic rings. The highest BCUT2D eigenvalue weighted by atomic mass is 16.5. The van der Waals surface area contributed by atoms with Crippen LogP contribution in [0.25, 0.3) is 0 Å². The minimum absolute atomic E-state index is 0.0789. The quantitative estimate of drug-likeness (QED) is 0.438. The van der Waals surface area contributed by atoms with Gasteiger partial charge in [0.15, 0.2) is 5.82 Å². The fraction of sp³-hybridized carbons (Fsp3) is 0.519. The highest BCUT2D eigenvalue weighted by molar-refractivity contribution is 5.76. The second-order valence-electron chi connectivity index (χ2n) is 9.87. The van der Waals surface area contributed by atoms with Crippen LogP contribution >= 0.6 is 0 Å². The van der Waals surface area contributed by atoms with E-state index < -0.39 is 5.54 Å². The lowest BCUT2D eigenvalue weighted by Crippen LogP contribution is -2.45. The molecule has 192 valence electrons. The van der Waals surface area contributed by atoms with Crippen molar-refractivity contribution in [2.45, 2.75) is 90.8 Å². The first-order valence-electron chi connectivity index (χ1n) is 12.8. The highest BCUT2D eigenvalue weighted by Gasteiger charge is 2.38. The Morgan fingerprint density at radius 2 is 1.83 bits per heavy atom. The summed E-state index contributed by atoms with van der Waals surface area (Å²) in [5, 5.41) is 14.8. The lowest BCUT2D eigenvalue weighted by molar-refractivity contribution is -0.122. The minimum Gasteiger partial charge on any atom is -0.352 e. The van der Waals surface area contributed by atoms with E-state index in [0.29, 0.717) is 31.2 Å². The van der Waals surface area contributed by atoms with Crippen molar-refractivity contribution in [1.82, 2.24) is 30.6 Å². The van der Waals surface area contributed by atoms with Gasteiger partial charge in [-0.25, -0.2) is 0 Å². The van der Waals surface area contributed by atoms with Crippen LogP contribution in [0.1, 0.15) is 86.1 Å². The summed E-state index contributed by atoms with van der Waals surface area (Å²) >= 11 is 0. The third-order valence-electron chi connectivity index (χ3n) is 6.75. The summed E-state index contributed by atoms with van der Waals surface area (Å²) < 4.78 is 7.44. The highest BCUT2D eigenvalue weighted by Crippen LogP contribution is 2.34. The Morgan fingerprint density at radius 3 is 2.53 bits per heavy atom. The van der Waals surface area contributed by atoms with E-state index in [1.54, 1.807) is 0 Å². The first-order valence-corrected chi connectivity index (χ1v) is 12.8. The summed E-state index contributed by atoms with van der Waals surface area (Å²) in [7, 11) is 0. The maximum Gasteiger partial charge on any atom is 0.227 e. The first-order chi connectivity index (χ1) is 17.3. The van der Waals surface area contributed by atoms with Gasteiger partial charge in [-0.2, -0.15) is 10.1 Å². The third kappa shape index (κ3) is 6.59. The van der Waals surface area contributed by atoms with Crippen LogP contribution in [0, 0.1) is 13.8 Å². The number of amides is 2. The van der Waals surface area contributed by atoms with Gasteiger partial charge in [-0.15, -0.1) is 0 Å². The SMILES string of the molecule is CC(=O)NC1(c2noc(CCC(=O)NCc3cccc(Cn4nc(C)cc4C)c3)n2)CCCCCC1. The standard InChI is InChI=1S/C27H36N6O3/c1-19-15-20(2)33(31-19)18-23-10-8-9-22(16-23)17-28-24(35)11-12-25-29-26(32-36-25)27(30-21(3)34)13-6-4-5-7-14-27/h8-10,15-16H,4-7,11-14,17-18H2,1-3H3,(H,28,35)(H,30,34). The molecular formula is C27H36N6O3. The van der Waals surface area contributed by atoms with E-state index in [1.165, 1.54) is 6.92 Å². The molecule has 9 nitrogen and oxygen atoms in total. The lowest BCUT2D eigenvalue weighted by atomic mass is 9.89. The molecule has 1 aliphatic rings. The van der Waals surface area contributed by atoms with Crippen molar-refractivity contribution in [1.29, 1.82) is 0 Å². The number of rotatable bonds is 9. The van der Waals surface area contributed by atoms with E-state index >= 15 is 0 Å². The Hall–Kier alpha value is -3.49. The zero-order valence-electron chi connectivity index (χ0n) is 21.5. The molecule has 0 aliphatic heterocycles. The number of hydrogen-bond acceptors (Lipinski definition) is 6. The summed E-state index contributed by atoms with van der Waals surface area (Å²) in [6.07, 6.45) is 6.49. The van der Waals surface area contributed by atoms with Crippen LogP contribution < -0.4 is 10.6 Å². The van der Waals surface area contributed by atoms with E-state index in [0.717, 1.165) is 61.0 Å². The van der Waals surface area contributed by atoms with Crippen LogP contribution in [0.2, 0.25) is 0 Å². The fourth-order valence-electron chi connectivity index (χ4n) is 4.98. The first kappa shape index (κ1) is 25.6. The summed E-state index contributed by atoms with van der Waals surface area (Å²) in [6.45, 7) is 6.70. The van der Waals surface area contributed by atoms with Crippen molar-refractivity contribution in [2.24, 2.45) is 0 Å². The van der Waals surface area contributed by atoms with E-state index in [1.807, 2.05) is 30.7 Å². The Balaban J connectivity index is 1.30. The van der Waals surface area contributed by atoms with Gasteiger partial charge in [-0.3, -0.25) is 14.3 Å². The molecule has 0 saturated heterocycles. The van der Waals surface area contributed by atoms with Crippen molar-refractivity contribution in [3.63, 3.8) is 0 Å². The monoisotopic (exact) mass is 492 g/mol. The average molecular weight is 493 g/mol.